The van der Waals surface area contributed by atoms with Crippen LogP contribution in [0.25, 0.3) is 0 Å². The zero-order chi connectivity index (χ0) is 13.8. The smallest absolute Gasteiger partial charge is 0.0598 e. The summed E-state index contributed by atoms with van der Waals surface area (Å²) in [5.41, 5.74) is 2.63. The summed E-state index contributed by atoms with van der Waals surface area (Å²) in [7, 11) is 1.99. The number of anilines is 1. The third-order valence-corrected chi connectivity index (χ3v) is 4.32. The van der Waals surface area contributed by atoms with Crippen molar-refractivity contribution in [2.75, 3.05) is 51.3 Å². The molecule has 5 heteroatoms. The number of ether oxygens (including phenoxy) is 1. The highest BCUT2D eigenvalue weighted by Crippen LogP contribution is 2.26. The molecule has 0 saturated carbocycles. The number of hydrogen-bond donors (Lipinski definition) is 1. The van der Waals surface area contributed by atoms with Gasteiger partial charge in [-0.15, -0.1) is 0 Å². The Morgan fingerprint density at radius 1 is 1.35 bits per heavy atom. The number of hydrogen-bond acceptors (Lipinski definition) is 5. The van der Waals surface area contributed by atoms with Crippen molar-refractivity contribution in [3.05, 3.63) is 24.0 Å². The maximum Gasteiger partial charge on any atom is 0.0598 e. The monoisotopic (exact) mass is 276 g/mol. The second-order valence-corrected chi connectivity index (χ2v) is 5.57. The number of pyridine rings is 1. The van der Waals surface area contributed by atoms with Gasteiger partial charge < -0.3 is 15.0 Å². The van der Waals surface area contributed by atoms with Gasteiger partial charge in [-0.25, -0.2) is 0 Å². The maximum absolute atomic E-state index is 5.45. The summed E-state index contributed by atoms with van der Waals surface area (Å²) in [5, 5.41) is 3.24. The van der Waals surface area contributed by atoms with Crippen LogP contribution in [0.3, 0.4) is 0 Å². The van der Waals surface area contributed by atoms with Gasteiger partial charge in [-0.2, -0.15) is 0 Å². The standard InChI is InChI=1S/C15H24N4O/c1-16-10-13-2-4-17-11-15(13)19-5-3-14(12-19)18-6-8-20-9-7-18/h2,4,11,14,16H,3,5-10,12H2,1H3. The Labute approximate surface area is 120 Å². The third kappa shape index (κ3) is 2.95. The number of nitrogens with one attached hydrogen (secondary N) is 1. The van der Waals surface area contributed by atoms with Crippen LogP contribution in [-0.4, -0.2) is 62.4 Å². The third-order valence-electron chi connectivity index (χ3n) is 4.32. The molecule has 0 aliphatic carbocycles. The zero-order valence-corrected chi connectivity index (χ0v) is 12.2. The highest BCUT2D eigenvalue weighted by Gasteiger charge is 2.29. The van der Waals surface area contributed by atoms with Crippen molar-refractivity contribution in [1.29, 1.82) is 0 Å². The van der Waals surface area contributed by atoms with E-state index in [1.54, 1.807) is 0 Å². The van der Waals surface area contributed by atoms with Gasteiger partial charge >= 0.3 is 0 Å². The molecule has 0 amide bonds. The van der Waals surface area contributed by atoms with E-state index in [0.29, 0.717) is 6.04 Å². The highest BCUT2D eigenvalue weighted by atomic mass is 16.5. The molecule has 0 aromatic carbocycles. The molecule has 5 nitrogen and oxygen atoms in total. The summed E-state index contributed by atoms with van der Waals surface area (Å²) in [6.07, 6.45) is 5.13. The Morgan fingerprint density at radius 2 is 2.20 bits per heavy atom. The quantitative estimate of drug-likeness (QED) is 0.877. The summed E-state index contributed by atoms with van der Waals surface area (Å²) in [6, 6.07) is 2.79. The Bertz CT molecular complexity index is 434. The van der Waals surface area contributed by atoms with Gasteiger partial charge in [-0.3, -0.25) is 9.88 Å². The summed E-state index contributed by atoms with van der Waals surface area (Å²) < 4.78 is 5.45. The normalized spacial score (nSPS) is 24.2. The molecule has 1 N–H and O–H groups in total. The van der Waals surface area contributed by atoms with Gasteiger partial charge in [0.05, 0.1) is 25.1 Å². The largest absolute Gasteiger partial charge is 0.379 e. The number of aromatic nitrogens is 1. The van der Waals surface area contributed by atoms with Crippen LogP contribution in [0.4, 0.5) is 5.69 Å². The molecule has 110 valence electrons. The van der Waals surface area contributed by atoms with E-state index in [9.17, 15) is 0 Å². The van der Waals surface area contributed by atoms with Gasteiger partial charge in [0.15, 0.2) is 0 Å². The lowest BCUT2D eigenvalue weighted by atomic mass is 10.2. The fourth-order valence-corrected chi connectivity index (χ4v) is 3.24. The first-order chi connectivity index (χ1) is 9.88. The molecule has 2 saturated heterocycles. The van der Waals surface area contributed by atoms with E-state index in [-0.39, 0.29) is 0 Å². The first kappa shape index (κ1) is 13.8. The fourth-order valence-electron chi connectivity index (χ4n) is 3.24. The summed E-state index contributed by atoms with van der Waals surface area (Å²) in [4.78, 5) is 9.37. The molecule has 1 atom stereocenters. The first-order valence-electron chi connectivity index (χ1n) is 7.52. The van der Waals surface area contributed by atoms with Gasteiger partial charge in [0.1, 0.15) is 0 Å². The number of rotatable bonds is 4. The van der Waals surface area contributed by atoms with Crippen molar-refractivity contribution < 1.29 is 4.74 Å². The van der Waals surface area contributed by atoms with Crippen LogP contribution in [0.5, 0.6) is 0 Å². The number of nitrogens with zero attached hydrogens (tertiary/aromatic N) is 3. The molecule has 1 aromatic heterocycles. The Kier molecular flexibility index (Phi) is 4.50. The minimum Gasteiger partial charge on any atom is -0.379 e. The van der Waals surface area contributed by atoms with Crippen molar-refractivity contribution >= 4 is 5.69 Å². The van der Waals surface area contributed by atoms with E-state index < -0.39 is 0 Å². The van der Waals surface area contributed by atoms with E-state index in [4.69, 9.17) is 4.74 Å². The molecule has 0 bridgehead atoms. The average Bonchev–Trinajstić information content (AvgIpc) is 2.99. The molecule has 3 heterocycles. The van der Waals surface area contributed by atoms with Crippen LogP contribution in [0.1, 0.15) is 12.0 Å². The molecule has 20 heavy (non-hydrogen) atoms. The van der Waals surface area contributed by atoms with Crippen molar-refractivity contribution in [3.63, 3.8) is 0 Å². The van der Waals surface area contributed by atoms with Crippen LogP contribution in [0.15, 0.2) is 18.5 Å². The maximum atomic E-state index is 5.45. The van der Waals surface area contributed by atoms with Crippen LogP contribution < -0.4 is 10.2 Å². The first-order valence-corrected chi connectivity index (χ1v) is 7.52. The van der Waals surface area contributed by atoms with E-state index in [1.807, 2.05) is 19.4 Å². The van der Waals surface area contributed by atoms with Gasteiger partial charge in [0.2, 0.25) is 0 Å². The lowest BCUT2D eigenvalue weighted by Crippen LogP contribution is -2.44. The molecule has 2 fully saturated rings. The molecular weight excluding hydrogens is 252 g/mol. The van der Waals surface area contributed by atoms with Crippen LogP contribution >= 0.6 is 0 Å². The van der Waals surface area contributed by atoms with Crippen molar-refractivity contribution in [1.82, 2.24) is 15.2 Å². The Balaban J connectivity index is 1.67. The number of morpholine rings is 1. The second-order valence-electron chi connectivity index (χ2n) is 5.57. The summed E-state index contributed by atoms with van der Waals surface area (Å²) in [6.45, 7) is 7.07. The molecule has 1 aromatic rings. The van der Waals surface area contributed by atoms with Crippen LogP contribution in [0, 0.1) is 0 Å². The molecule has 3 rings (SSSR count). The van der Waals surface area contributed by atoms with Crippen molar-refractivity contribution in [3.8, 4) is 0 Å². The van der Waals surface area contributed by atoms with E-state index in [1.165, 1.54) is 17.7 Å². The summed E-state index contributed by atoms with van der Waals surface area (Å²) >= 11 is 0. The molecule has 1 unspecified atom stereocenters. The van der Waals surface area contributed by atoms with Gasteiger partial charge in [-0.05, 0) is 25.1 Å². The van der Waals surface area contributed by atoms with Crippen LogP contribution in [-0.2, 0) is 11.3 Å². The zero-order valence-electron chi connectivity index (χ0n) is 12.2. The molecule has 2 aliphatic heterocycles. The average molecular weight is 276 g/mol. The molecule has 0 radical (unpaired) electrons. The summed E-state index contributed by atoms with van der Waals surface area (Å²) in [5.74, 6) is 0. The minimum absolute atomic E-state index is 0.668. The van der Waals surface area contributed by atoms with Crippen molar-refractivity contribution in [2.45, 2.75) is 19.0 Å². The SMILES string of the molecule is CNCc1ccncc1N1CCC(N2CCOCC2)C1. The molecule has 0 spiro atoms. The Morgan fingerprint density at radius 3 is 3.00 bits per heavy atom. The van der Waals surface area contributed by atoms with Gasteiger partial charge in [0.25, 0.3) is 0 Å². The predicted molar refractivity (Wildman–Crippen MR) is 80.0 cm³/mol. The molecular formula is C15H24N4O. The van der Waals surface area contributed by atoms with E-state index in [2.05, 4.69) is 26.2 Å². The Hall–Kier alpha value is -1.17. The topological polar surface area (TPSA) is 40.6 Å². The van der Waals surface area contributed by atoms with E-state index >= 15 is 0 Å². The van der Waals surface area contributed by atoms with Crippen LogP contribution in [0.2, 0.25) is 0 Å². The fraction of sp³-hybridized carbons (Fsp3) is 0.667. The predicted octanol–water partition coefficient (Wildman–Crippen LogP) is 0.712. The van der Waals surface area contributed by atoms with Gasteiger partial charge in [0, 0.05) is 45.0 Å². The lowest BCUT2D eigenvalue weighted by molar-refractivity contribution is 0.0209. The van der Waals surface area contributed by atoms with Crippen molar-refractivity contribution in [2.24, 2.45) is 0 Å². The minimum atomic E-state index is 0.668. The highest BCUT2D eigenvalue weighted by molar-refractivity contribution is 5.52. The second kappa shape index (κ2) is 6.52. The molecule has 2 aliphatic rings. The van der Waals surface area contributed by atoms with E-state index in [0.717, 1.165) is 45.9 Å². The lowest BCUT2D eigenvalue weighted by Gasteiger charge is -2.32. The van der Waals surface area contributed by atoms with Gasteiger partial charge in [-0.1, -0.05) is 0 Å².